The molecular weight excluding hydrogens is 338 g/mol. The minimum Gasteiger partial charge on any atom is -0.298 e. The van der Waals surface area contributed by atoms with E-state index in [-0.39, 0.29) is 11.6 Å². The predicted molar refractivity (Wildman–Crippen MR) is 99.9 cm³/mol. The van der Waals surface area contributed by atoms with Gasteiger partial charge in [-0.2, -0.15) is 0 Å². The van der Waals surface area contributed by atoms with E-state index in [1.54, 1.807) is 12.1 Å². The summed E-state index contributed by atoms with van der Waals surface area (Å²) in [5, 5.41) is 14.0. The van der Waals surface area contributed by atoms with E-state index in [0.717, 1.165) is 21.3 Å². The number of hydrogen-bond acceptors (Lipinski definition) is 5. The Balaban J connectivity index is 1.75. The summed E-state index contributed by atoms with van der Waals surface area (Å²) in [4.78, 5) is 26.8. The molecule has 2 aromatic carbocycles. The average Bonchev–Trinajstić information content (AvgIpc) is 3.00. The molecule has 3 aromatic rings. The molecule has 0 unspecified atom stereocenters. The number of nitro groups is 1. The van der Waals surface area contributed by atoms with Crippen LogP contribution in [-0.2, 0) is 4.79 Å². The van der Waals surface area contributed by atoms with Crippen molar-refractivity contribution in [3.63, 3.8) is 0 Å². The summed E-state index contributed by atoms with van der Waals surface area (Å²) in [5.41, 5.74) is 3.71. The number of aromatic nitrogens is 1. The minimum absolute atomic E-state index is 0.0143. The van der Waals surface area contributed by atoms with Gasteiger partial charge in [0.25, 0.3) is 5.69 Å². The van der Waals surface area contributed by atoms with Crippen molar-refractivity contribution in [1.29, 1.82) is 0 Å². The molecule has 0 bridgehead atoms. The van der Waals surface area contributed by atoms with Crippen molar-refractivity contribution >= 4 is 44.4 Å². The second kappa shape index (κ2) is 6.82. The number of anilines is 1. The summed E-state index contributed by atoms with van der Waals surface area (Å²) >= 11 is 1.41. The van der Waals surface area contributed by atoms with Crippen LogP contribution >= 0.6 is 11.3 Å². The summed E-state index contributed by atoms with van der Waals surface area (Å²) in [6.45, 7) is 4.03. The van der Waals surface area contributed by atoms with Gasteiger partial charge < -0.3 is 0 Å². The molecule has 1 amide bonds. The standard InChI is InChI=1S/C18H15N3O3S/c1-11-6-8-15-17(12(11)2)20-18(25-15)19-16(22)9-7-13-4-3-5-14(10-13)21(23)24/h3-10H,1-2H3,(H,19,20,22). The van der Waals surface area contributed by atoms with Gasteiger partial charge in [-0.25, -0.2) is 4.98 Å². The van der Waals surface area contributed by atoms with Gasteiger partial charge >= 0.3 is 0 Å². The average molecular weight is 353 g/mol. The number of fused-ring (bicyclic) bond motifs is 1. The van der Waals surface area contributed by atoms with Gasteiger partial charge in [-0.3, -0.25) is 20.2 Å². The van der Waals surface area contributed by atoms with Gasteiger partial charge in [-0.05, 0) is 42.7 Å². The van der Waals surface area contributed by atoms with Gasteiger partial charge in [-0.1, -0.05) is 29.5 Å². The molecule has 0 saturated carbocycles. The van der Waals surface area contributed by atoms with Crippen molar-refractivity contribution in [2.45, 2.75) is 13.8 Å². The van der Waals surface area contributed by atoms with Crippen LogP contribution in [-0.4, -0.2) is 15.8 Å². The van der Waals surface area contributed by atoms with Crippen molar-refractivity contribution in [3.05, 3.63) is 69.3 Å². The number of nitrogens with one attached hydrogen (secondary N) is 1. The van der Waals surface area contributed by atoms with Crippen LogP contribution in [0.5, 0.6) is 0 Å². The molecule has 7 heteroatoms. The highest BCUT2D eigenvalue weighted by Crippen LogP contribution is 2.29. The Morgan fingerprint density at radius 2 is 2.08 bits per heavy atom. The topological polar surface area (TPSA) is 85.1 Å². The highest BCUT2D eigenvalue weighted by atomic mass is 32.1. The number of aryl methyl sites for hydroxylation is 2. The Bertz CT molecular complexity index is 1010. The highest BCUT2D eigenvalue weighted by Gasteiger charge is 2.09. The molecule has 3 rings (SSSR count). The Kier molecular flexibility index (Phi) is 4.58. The highest BCUT2D eigenvalue weighted by molar-refractivity contribution is 7.22. The van der Waals surface area contributed by atoms with E-state index >= 15 is 0 Å². The molecule has 0 atom stereocenters. The quantitative estimate of drug-likeness (QED) is 0.426. The van der Waals surface area contributed by atoms with E-state index < -0.39 is 4.92 Å². The molecule has 0 aliphatic carbocycles. The number of hydrogen-bond donors (Lipinski definition) is 1. The molecule has 0 aliphatic heterocycles. The Morgan fingerprint density at radius 1 is 1.28 bits per heavy atom. The first kappa shape index (κ1) is 16.8. The lowest BCUT2D eigenvalue weighted by molar-refractivity contribution is -0.384. The lowest BCUT2D eigenvalue weighted by Crippen LogP contribution is -2.07. The number of rotatable bonds is 4. The van der Waals surface area contributed by atoms with Crippen molar-refractivity contribution in [1.82, 2.24) is 4.98 Å². The summed E-state index contributed by atoms with van der Waals surface area (Å²) < 4.78 is 1.01. The maximum atomic E-state index is 12.1. The zero-order chi connectivity index (χ0) is 18.0. The molecule has 0 aliphatic rings. The van der Waals surface area contributed by atoms with E-state index in [0.29, 0.717) is 10.7 Å². The fraction of sp³-hybridized carbons (Fsp3) is 0.111. The number of carbonyl (C=O) groups excluding carboxylic acids is 1. The number of carbonyl (C=O) groups is 1. The van der Waals surface area contributed by atoms with E-state index in [4.69, 9.17) is 0 Å². The van der Waals surface area contributed by atoms with E-state index in [1.165, 1.54) is 35.6 Å². The zero-order valence-corrected chi connectivity index (χ0v) is 14.5. The van der Waals surface area contributed by atoms with Crippen molar-refractivity contribution in [3.8, 4) is 0 Å². The first-order valence-corrected chi connectivity index (χ1v) is 8.36. The summed E-state index contributed by atoms with van der Waals surface area (Å²) in [6.07, 6.45) is 2.87. The number of nitrogens with zero attached hydrogens (tertiary/aromatic N) is 2. The van der Waals surface area contributed by atoms with Crippen LogP contribution in [0.15, 0.2) is 42.5 Å². The summed E-state index contributed by atoms with van der Waals surface area (Å²) in [7, 11) is 0. The van der Waals surface area contributed by atoms with Gasteiger partial charge in [0.1, 0.15) is 0 Å². The number of nitro benzene ring substituents is 1. The normalized spacial score (nSPS) is 11.1. The zero-order valence-electron chi connectivity index (χ0n) is 13.6. The number of thiazole rings is 1. The fourth-order valence-corrected chi connectivity index (χ4v) is 3.27. The predicted octanol–water partition coefficient (Wildman–Crippen LogP) is 4.47. The summed E-state index contributed by atoms with van der Waals surface area (Å²) in [6, 6.07) is 10.1. The van der Waals surface area contributed by atoms with Crippen LogP contribution in [0.25, 0.3) is 16.3 Å². The number of amides is 1. The maximum absolute atomic E-state index is 12.1. The van der Waals surface area contributed by atoms with E-state index in [2.05, 4.69) is 10.3 Å². The Hall–Kier alpha value is -3.06. The van der Waals surface area contributed by atoms with E-state index in [1.807, 2.05) is 26.0 Å². The lowest BCUT2D eigenvalue weighted by atomic mass is 10.1. The molecule has 0 fully saturated rings. The molecule has 1 N–H and O–H groups in total. The molecule has 0 saturated heterocycles. The van der Waals surface area contributed by atoms with Crippen molar-refractivity contribution < 1.29 is 9.72 Å². The van der Waals surface area contributed by atoms with Crippen LogP contribution in [0.4, 0.5) is 10.8 Å². The minimum atomic E-state index is -0.469. The SMILES string of the molecule is Cc1ccc2sc(NC(=O)C=Cc3cccc([N+](=O)[O-])c3)nc2c1C. The van der Waals surface area contributed by atoms with Crippen LogP contribution in [0.3, 0.4) is 0 Å². The molecule has 6 nitrogen and oxygen atoms in total. The van der Waals surface area contributed by atoms with Gasteiger partial charge in [0.15, 0.2) is 5.13 Å². The third kappa shape index (κ3) is 3.72. The van der Waals surface area contributed by atoms with Gasteiger partial charge in [0.2, 0.25) is 5.91 Å². The second-order valence-corrected chi connectivity index (χ2v) is 6.58. The molecular formula is C18H15N3O3S. The molecule has 0 radical (unpaired) electrons. The van der Waals surface area contributed by atoms with Gasteiger partial charge in [0.05, 0.1) is 15.1 Å². The van der Waals surface area contributed by atoms with Crippen LogP contribution in [0, 0.1) is 24.0 Å². The lowest BCUT2D eigenvalue weighted by Gasteiger charge is -1.98. The van der Waals surface area contributed by atoms with Gasteiger partial charge in [-0.15, -0.1) is 0 Å². The third-order valence-electron chi connectivity index (χ3n) is 3.82. The molecule has 1 heterocycles. The monoisotopic (exact) mass is 353 g/mol. The van der Waals surface area contributed by atoms with Crippen LogP contribution in [0.2, 0.25) is 0 Å². The molecule has 126 valence electrons. The van der Waals surface area contributed by atoms with Crippen LogP contribution in [0.1, 0.15) is 16.7 Å². The van der Waals surface area contributed by atoms with Gasteiger partial charge in [0, 0.05) is 18.2 Å². The van der Waals surface area contributed by atoms with Crippen LogP contribution < -0.4 is 5.32 Å². The molecule has 0 spiro atoms. The van der Waals surface area contributed by atoms with Crippen molar-refractivity contribution in [2.24, 2.45) is 0 Å². The summed E-state index contributed by atoms with van der Waals surface area (Å²) in [5.74, 6) is -0.333. The Morgan fingerprint density at radius 3 is 2.84 bits per heavy atom. The Labute approximate surface area is 148 Å². The number of benzene rings is 2. The largest absolute Gasteiger partial charge is 0.298 e. The maximum Gasteiger partial charge on any atom is 0.270 e. The molecule has 25 heavy (non-hydrogen) atoms. The van der Waals surface area contributed by atoms with E-state index in [9.17, 15) is 14.9 Å². The third-order valence-corrected chi connectivity index (χ3v) is 4.76. The smallest absolute Gasteiger partial charge is 0.270 e. The first-order valence-electron chi connectivity index (χ1n) is 7.54. The molecule has 1 aromatic heterocycles. The van der Waals surface area contributed by atoms with Crippen molar-refractivity contribution in [2.75, 3.05) is 5.32 Å². The first-order chi connectivity index (χ1) is 11.9. The number of non-ortho nitro benzene ring substituents is 1. The fourth-order valence-electron chi connectivity index (χ4n) is 2.34. The second-order valence-electron chi connectivity index (χ2n) is 5.55.